The van der Waals surface area contributed by atoms with Crippen LogP contribution in [0.15, 0.2) is 18.2 Å². The molecule has 3 nitrogen and oxygen atoms in total. The Kier molecular flexibility index (Phi) is 5.99. The molecule has 0 aliphatic heterocycles. The smallest absolute Gasteiger partial charge is 0.221 e. The van der Waals surface area contributed by atoms with Gasteiger partial charge in [-0.25, -0.2) is 0 Å². The topological polar surface area (TPSA) is 41.1 Å². The molecule has 1 aliphatic rings. The second-order valence-electron chi connectivity index (χ2n) is 5.20. The number of hydrogen-bond donors (Lipinski definition) is 2. The van der Waals surface area contributed by atoms with E-state index in [4.69, 9.17) is 23.2 Å². The van der Waals surface area contributed by atoms with Crippen molar-refractivity contribution in [3.63, 3.8) is 0 Å². The molecule has 20 heavy (non-hydrogen) atoms. The van der Waals surface area contributed by atoms with Crippen LogP contribution in [0, 0.1) is 0 Å². The number of halogens is 2. The van der Waals surface area contributed by atoms with E-state index in [0.29, 0.717) is 29.1 Å². The molecule has 0 atom stereocenters. The van der Waals surface area contributed by atoms with Gasteiger partial charge in [-0.1, -0.05) is 42.5 Å². The van der Waals surface area contributed by atoms with Gasteiger partial charge in [-0.2, -0.15) is 0 Å². The summed E-state index contributed by atoms with van der Waals surface area (Å²) in [6.45, 7) is 0.569. The highest BCUT2D eigenvalue weighted by molar-refractivity contribution is 6.36. The Balaban J connectivity index is 1.70. The van der Waals surface area contributed by atoms with Crippen LogP contribution in [0.2, 0.25) is 10.0 Å². The molecule has 1 fully saturated rings. The highest BCUT2D eigenvalue weighted by Crippen LogP contribution is 2.25. The van der Waals surface area contributed by atoms with Gasteiger partial charge in [-0.3, -0.25) is 4.79 Å². The lowest BCUT2D eigenvalue weighted by atomic mass is 9.95. The number of nitrogens with one attached hydrogen (secondary N) is 2. The Labute approximate surface area is 130 Å². The zero-order chi connectivity index (χ0) is 14.4. The molecule has 1 aromatic carbocycles. The molecule has 5 heteroatoms. The van der Waals surface area contributed by atoms with Gasteiger partial charge in [0.1, 0.15) is 0 Å². The fourth-order valence-electron chi connectivity index (χ4n) is 2.49. The minimum Gasteiger partial charge on any atom is -0.383 e. The Morgan fingerprint density at radius 3 is 2.65 bits per heavy atom. The van der Waals surface area contributed by atoms with Crippen LogP contribution < -0.4 is 10.6 Å². The van der Waals surface area contributed by atoms with Gasteiger partial charge in [-0.15, -0.1) is 0 Å². The van der Waals surface area contributed by atoms with Crippen LogP contribution in [0.5, 0.6) is 0 Å². The first-order valence-corrected chi connectivity index (χ1v) is 7.89. The highest BCUT2D eigenvalue weighted by atomic mass is 35.5. The van der Waals surface area contributed by atoms with Crippen LogP contribution in [-0.2, 0) is 4.79 Å². The predicted molar refractivity (Wildman–Crippen MR) is 84.6 cm³/mol. The van der Waals surface area contributed by atoms with E-state index in [1.807, 2.05) is 6.07 Å². The molecule has 2 N–H and O–H groups in total. The highest BCUT2D eigenvalue weighted by Gasteiger charge is 2.15. The quantitative estimate of drug-likeness (QED) is 0.853. The van der Waals surface area contributed by atoms with Crippen molar-refractivity contribution in [2.24, 2.45) is 0 Å². The molecule has 0 saturated heterocycles. The molecule has 1 saturated carbocycles. The van der Waals surface area contributed by atoms with Gasteiger partial charge in [0, 0.05) is 24.0 Å². The average Bonchev–Trinajstić information content (AvgIpc) is 2.42. The lowest BCUT2D eigenvalue weighted by Crippen LogP contribution is -2.36. The fourth-order valence-corrected chi connectivity index (χ4v) is 2.97. The third kappa shape index (κ3) is 4.88. The van der Waals surface area contributed by atoms with Gasteiger partial charge in [-0.05, 0) is 31.0 Å². The summed E-state index contributed by atoms with van der Waals surface area (Å²) in [7, 11) is 0. The van der Waals surface area contributed by atoms with E-state index in [-0.39, 0.29) is 5.91 Å². The van der Waals surface area contributed by atoms with Gasteiger partial charge < -0.3 is 10.6 Å². The number of rotatable bonds is 5. The van der Waals surface area contributed by atoms with Crippen molar-refractivity contribution in [3.05, 3.63) is 28.2 Å². The number of benzene rings is 1. The zero-order valence-corrected chi connectivity index (χ0v) is 12.9. The average molecular weight is 315 g/mol. The number of carbonyl (C=O) groups is 1. The minimum atomic E-state index is 0.106. The normalized spacial score (nSPS) is 15.9. The van der Waals surface area contributed by atoms with Crippen molar-refractivity contribution in [1.29, 1.82) is 0 Å². The summed E-state index contributed by atoms with van der Waals surface area (Å²) in [4.78, 5) is 11.8. The molecular weight excluding hydrogens is 295 g/mol. The zero-order valence-electron chi connectivity index (χ0n) is 11.4. The summed E-state index contributed by atoms with van der Waals surface area (Å²) >= 11 is 11.9. The van der Waals surface area contributed by atoms with E-state index in [0.717, 1.165) is 18.5 Å². The van der Waals surface area contributed by atoms with Crippen LogP contribution in [0.4, 0.5) is 5.69 Å². The molecule has 1 aliphatic carbocycles. The monoisotopic (exact) mass is 314 g/mol. The predicted octanol–water partition coefficient (Wildman–Crippen LogP) is 4.24. The first-order chi connectivity index (χ1) is 9.65. The summed E-state index contributed by atoms with van der Waals surface area (Å²) in [5, 5.41) is 7.43. The molecule has 1 aromatic rings. The van der Waals surface area contributed by atoms with Crippen LogP contribution in [0.3, 0.4) is 0 Å². The summed E-state index contributed by atoms with van der Waals surface area (Å²) in [5.41, 5.74) is 0.807. The maximum Gasteiger partial charge on any atom is 0.221 e. The van der Waals surface area contributed by atoms with E-state index in [1.54, 1.807) is 12.1 Å². The summed E-state index contributed by atoms with van der Waals surface area (Å²) in [6.07, 6.45) is 6.43. The molecule has 2 rings (SSSR count). The molecule has 1 amide bonds. The van der Waals surface area contributed by atoms with Crippen molar-refractivity contribution in [2.75, 3.05) is 11.9 Å². The van der Waals surface area contributed by atoms with E-state index < -0.39 is 0 Å². The Morgan fingerprint density at radius 1 is 1.20 bits per heavy atom. The number of amides is 1. The standard InChI is InChI=1S/C15H20Cl2N2O/c16-11-6-7-14(13(17)10-11)18-9-8-15(20)19-12-4-2-1-3-5-12/h6-7,10,12,18H,1-5,8-9H2,(H,19,20). The van der Waals surface area contributed by atoms with Crippen LogP contribution in [0.1, 0.15) is 38.5 Å². The number of anilines is 1. The van der Waals surface area contributed by atoms with Crippen molar-refractivity contribution < 1.29 is 4.79 Å². The van der Waals surface area contributed by atoms with E-state index in [2.05, 4.69) is 10.6 Å². The maximum atomic E-state index is 11.8. The van der Waals surface area contributed by atoms with Gasteiger partial charge in [0.2, 0.25) is 5.91 Å². The Bertz CT molecular complexity index is 459. The number of hydrogen-bond acceptors (Lipinski definition) is 2. The van der Waals surface area contributed by atoms with Crippen molar-refractivity contribution in [3.8, 4) is 0 Å². The molecule has 0 unspecified atom stereocenters. The molecular formula is C15H20Cl2N2O. The maximum absolute atomic E-state index is 11.8. The first kappa shape index (κ1) is 15.5. The molecule has 0 bridgehead atoms. The summed E-state index contributed by atoms with van der Waals surface area (Å²) in [5.74, 6) is 0.106. The molecule has 0 radical (unpaired) electrons. The molecule has 0 heterocycles. The fraction of sp³-hybridized carbons (Fsp3) is 0.533. The van der Waals surface area contributed by atoms with Crippen molar-refractivity contribution in [2.45, 2.75) is 44.6 Å². The Hall–Kier alpha value is -0.930. The third-order valence-corrected chi connectivity index (χ3v) is 4.12. The SMILES string of the molecule is O=C(CCNc1ccc(Cl)cc1Cl)NC1CCCCC1. The molecule has 0 aromatic heterocycles. The van der Waals surface area contributed by atoms with Crippen molar-refractivity contribution >= 4 is 34.8 Å². The van der Waals surface area contributed by atoms with E-state index in [9.17, 15) is 4.79 Å². The summed E-state index contributed by atoms with van der Waals surface area (Å²) < 4.78 is 0. The first-order valence-electron chi connectivity index (χ1n) is 7.13. The Morgan fingerprint density at radius 2 is 1.95 bits per heavy atom. The lowest BCUT2D eigenvalue weighted by molar-refractivity contribution is -0.121. The van der Waals surface area contributed by atoms with Crippen LogP contribution in [-0.4, -0.2) is 18.5 Å². The van der Waals surface area contributed by atoms with Gasteiger partial charge in [0.25, 0.3) is 0 Å². The third-order valence-electron chi connectivity index (χ3n) is 3.57. The van der Waals surface area contributed by atoms with E-state index in [1.165, 1.54) is 19.3 Å². The second kappa shape index (κ2) is 7.75. The van der Waals surface area contributed by atoms with Crippen molar-refractivity contribution in [1.82, 2.24) is 5.32 Å². The largest absolute Gasteiger partial charge is 0.383 e. The minimum absolute atomic E-state index is 0.106. The van der Waals surface area contributed by atoms with Gasteiger partial charge in [0.15, 0.2) is 0 Å². The van der Waals surface area contributed by atoms with Gasteiger partial charge >= 0.3 is 0 Å². The number of carbonyl (C=O) groups excluding carboxylic acids is 1. The second-order valence-corrected chi connectivity index (χ2v) is 6.05. The van der Waals surface area contributed by atoms with Crippen LogP contribution >= 0.6 is 23.2 Å². The molecule has 110 valence electrons. The molecule has 0 spiro atoms. The van der Waals surface area contributed by atoms with Crippen LogP contribution in [0.25, 0.3) is 0 Å². The lowest BCUT2D eigenvalue weighted by Gasteiger charge is -2.22. The van der Waals surface area contributed by atoms with E-state index >= 15 is 0 Å². The summed E-state index contributed by atoms with van der Waals surface area (Å²) in [6, 6.07) is 5.66. The van der Waals surface area contributed by atoms with Gasteiger partial charge in [0.05, 0.1) is 10.7 Å².